The van der Waals surface area contributed by atoms with E-state index in [9.17, 15) is 17.6 Å². The molecule has 2 aliphatic carbocycles. The van der Waals surface area contributed by atoms with E-state index >= 15 is 0 Å². The van der Waals surface area contributed by atoms with Gasteiger partial charge in [0.05, 0.1) is 34.4 Å². The summed E-state index contributed by atoms with van der Waals surface area (Å²) in [6.07, 6.45) is 9.01. The molecule has 2 saturated carbocycles. The molecule has 0 saturated heterocycles. The monoisotopic (exact) mass is 597 g/mol. The third kappa shape index (κ3) is 6.28. The fourth-order valence-electron chi connectivity index (χ4n) is 5.16. The molecule has 214 valence electrons. The second kappa shape index (κ2) is 11.2. The molecule has 3 N–H and O–H groups in total. The number of sulfone groups is 1. The van der Waals surface area contributed by atoms with Crippen LogP contribution in [0, 0.1) is 11.7 Å². The fourth-order valence-corrected chi connectivity index (χ4v) is 7.15. The Bertz CT molecular complexity index is 1700. The number of halogens is 2. The number of hydrogen-bond acceptors (Lipinski definition) is 8. The Morgan fingerprint density at radius 2 is 1.76 bits per heavy atom. The smallest absolute Gasteiger partial charge is 0.276 e. The maximum atomic E-state index is 14.1. The third-order valence-corrected chi connectivity index (χ3v) is 9.58. The number of nitrogens with zero attached hydrogens (tertiary/aromatic N) is 4. The van der Waals surface area contributed by atoms with Crippen molar-refractivity contribution in [3.63, 3.8) is 0 Å². The van der Waals surface area contributed by atoms with E-state index in [0.717, 1.165) is 50.4 Å². The number of aromatic nitrogens is 4. The zero-order valence-electron chi connectivity index (χ0n) is 22.1. The van der Waals surface area contributed by atoms with Gasteiger partial charge in [0.25, 0.3) is 5.91 Å². The number of anilines is 3. The molecule has 6 rings (SSSR count). The van der Waals surface area contributed by atoms with Gasteiger partial charge in [0.1, 0.15) is 5.82 Å². The third-order valence-electron chi connectivity index (χ3n) is 7.47. The molecule has 0 atom stereocenters. The lowest BCUT2D eigenvalue weighted by Crippen LogP contribution is -2.30. The molecule has 1 amide bonds. The number of nitrogens with one attached hydrogen (secondary N) is 3. The lowest BCUT2D eigenvalue weighted by molar-refractivity contribution is 0.102. The van der Waals surface area contributed by atoms with Gasteiger partial charge in [0.2, 0.25) is 0 Å². The number of imidazole rings is 1. The van der Waals surface area contributed by atoms with E-state index < -0.39 is 21.6 Å². The van der Waals surface area contributed by atoms with E-state index in [1.807, 2.05) is 6.07 Å². The Balaban J connectivity index is 1.17. The van der Waals surface area contributed by atoms with Crippen LogP contribution in [0.1, 0.15) is 49.0 Å². The molecule has 41 heavy (non-hydrogen) atoms. The first-order chi connectivity index (χ1) is 19.7. The van der Waals surface area contributed by atoms with E-state index in [1.54, 1.807) is 18.2 Å². The predicted octanol–water partition coefficient (Wildman–Crippen LogP) is 5.19. The largest absolute Gasteiger partial charge is 0.379 e. The summed E-state index contributed by atoms with van der Waals surface area (Å²) in [5, 5.41) is 14.6. The van der Waals surface area contributed by atoms with Crippen LogP contribution in [0.5, 0.6) is 0 Å². The number of carbonyl (C=O) groups is 1. The molecule has 13 heteroatoms. The molecular weight excluding hydrogens is 569 g/mol. The molecule has 0 spiro atoms. The minimum atomic E-state index is -3.43. The van der Waals surface area contributed by atoms with Crippen LogP contribution in [0.2, 0.25) is 5.02 Å². The number of pyridine rings is 1. The standard InChI is InChI=1S/C28H29ClFN7O3S/c29-18-2-1-3-21(12-18)41(39,40)16-17-4-6-20(7-5-17)34-26-13-24(33-19-8-9-19)27-32-15-25(37(27)36-26)28(38)35-23-10-11-31-14-22(23)30/h1-3,10-15,17,19-20,33H,4-9,16H2,(H,34,36)(H,31,35,38). The predicted molar refractivity (Wildman–Crippen MR) is 155 cm³/mol. The Kier molecular flexibility index (Phi) is 7.52. The highest BCUT2D eigenvalue weighted by atomic mass is 35.5. The van der Waals surface area contributed by atoms with Gasteiger partial charge in [-0.05, 0) is 68.7 Å². The zero-order valence-corrected chi connectivity index (χ0v) is 23.6. The first-order valence-electron chi connectivity index (χ1n) is 13.6. The van der Waals surface area contributed by atoms with Gasteiger partial charge in [-0.3, -0.25) is 9.78 Å². The highest BCUT2D eigenvalue weighted by Crippen LogP contribution is 2.32. The normalized spacial score (nSPS) is 19.2. The first-order valence-corrected chi connectivity index (χ1v) is 15.6. The summed E-state index contributed by atoms with van der Waals surface area (Å²) in [6, 6.07) is 10.1. The van der Waals surface area contributed by atoms with E-state index in [-0.39, 0.29) is 34.0 Å². The quantitative estimate of drug-likeness (QED) is 0.240. The summed E-state index contributed by atoms with van der Waals surface area (Å²) < 4.78 is 41.4. The molecule has 0 radical (unpaired) electrons. The summed E-state index contributed by atoms with van der Waals surface area (Å²) in [7, 11) is -3.43. The van der Waals surface area contributed by atoms with Crippen LogP contribution in [0.4, 0.5) is 21.6 Å². The van der Waals surface area contributed by atoms with Gasteiger partial charge in [-0.15, -0.1) is 5.10 Å². The molecule has 4 aromatic rings. The number of fused-ring (bicyclic) bond motifs is 1. The van der Waals surface area contributed by atoms with Gasteiger partial charge in [0, 0.05) is 29.4 Å². The van der Waals surface area contributed by atoms with Crippen molar-refractivity contribution >= 4 is 50.2 Å². The van der Waals surface area contributed by atoms with Gasteiger partial charge < -0.3 is 16.0 Å². The van der Waals surface area contributed by atoms with Crippen LogP contribution in [0.3, 0.4) is 0 Å². The van der Waals surface area contributed by atoms with Gasteiger partial charge in [0.15, 0.2) is 27.0 Å². The molecule has 10 nitrogen and oxygen atoms in total. The minimum absolute atomic E-state index is 0.0136. The van der Waals surface area contributed by atoms with Crippen LogP contribution in [0.25, 0.3) is 5.65 Å². The first kappa shape index (κ1) is 27.4. The maximum absolute atomic E-state index is 14.1. The van der Waals surface area contributed by atoms with E-state index in [0.29, 0.717) is 22.5 Å². The summed E-state index contributed by atoms with van der Waals surface area (Å²) in [6.45, 7) is 0. The summed E-state index contributed by atoms with van der Waals surface area (Å²) >= 11 is 6.00. The number of rotatable bonds is 9. The van der Waals surface area contributed by atoms with Gasteiger partial charge in [-0.1, -0.05) is 17.7 Å². The topological polar surface area (TPSA) is 130 Å². The molecule has 3 aromatic heterocycles. The second-order valence-corrected chi connectivity index (χ2v) is 13.1. The molecule has 0 unspecified atom stereocenters. The second-order valence-electron chi connectivity index (χ2n) is 10.7. The van der Waals surface area contributed by atoms with Crippen LogP contribution < -0.4 is 16.0 Å². The van der Waals surface area contributed by atoms with E-state index in [2.05, 4.69) is 31.0 Å². The van der Waals surface area contributed by atoms with Gasteiger partial charge in [-0.25, -0.2) is 22.3 Å². The fraction of sp³-hybridized carbons (Fsp3) is 0.357. The maximum Gasteiger partial charge on any atom is 0.276 e. The Hall–Kier alpha value is -3.77. The molecule has 1 aromatic carbocycles. The summed E-state index contributed by atoms with van der Waals surface area (Å²) in [4.78, 5) is 21.5. The van der Waals surface area contributed by atoms with Crippen molar-refractivity contribution in [3.8, 4) is 0 Å². The molecule has 2 aliphatic rings. The number of hydrogen-bond donors (Lipinski definition) is 3. The number of amides is 1. The summed E-state index contributed by atoms with van der Waals surface area (Å²) in [5.41, 5.74) is 1.42. The van der Waals surface area contributed by atoms with Crippen molar-refractivity contribution in [2.45, 2.75) is 55.5 Å². The zero-order chi connectivity index (χ0) is 28.6. The minimum Gasteiger partial charge on any atom is -0.379 e. The lowest BCUT2D eigenvalue weighted by Gasteiger charge is -2.29. The van der Waals surface area contributed by atoms with Gasteiger partial charge in [-0.2, -0.15) is 0 Å². The van der Waals surface area contributed by atoms with Crippen LogP contribution in [0.15, 0.2) is 59.9 Å². The van der Waals surface area contributed by atoms with Crippen molar-refractivity contribution in [2.75, 3.05) is 21.7 Å². The summed E-state index contributed by atoms with van der Waals surface area (Å²) in [5.74, 6) is -0.483. The molecule has 3 heterocycles. The average Bonchev–Trinajstić information content (AvgIpc) is 3.66. The van der Waals surface area contributed by atoms with Crippen molar-refractivity contribution in [1.29, 1.82) is 0 Å². The van der Waals surface area contributed by atoms with Gasteiger partial charge >= 0.3 is 0 Å². The van der Waals surface area contributed by atoms with Crippen LogP contribution in [-0.2, 0) is 9.84 Å². The highest BCUT2D eigenvalue weighted by molar-refractivity contribution is 7.91. The lowest BCUT2D eigenvalue weighted by atomic mass is 9.87. The highest BCUT2D eigenvalue weighted by Gasteiger charge is 2.28. The number of benzene rings is 1. The Morgan fingerprint density at radius 1 is 1.00 bits per heavy atom. The van der Waals surface area contributed by atoms with Crippen molar-refractivity contribution < 1.29 is 17.6 Å². The molecule has 2 fully saturated rings. The van der Waals surface area contributed by atoms with Crippen molar-refractivity contribution in [2.24, 2.45) is 5.92 Å². The number of carbonyl (C=O) groups excluding carboxylic acids is 1. The Morgan fingerprint density at radius 3 is 2.49 bits per heavy atom. The SMILES string of the molecule is O=C(Nc1ccncc1F)c1cnc2c(NC3CC3)cc(NC3CCC(CS(=O)(=O)c4cccc(Cl)c4)CC3)nn12. The average molecular weight is 598 g/mol. The van der Waals surface area contributed by atoms with Crippen molar-refractivity contribution in [1.82, 2.24) is 19.6 Å². The molecular formula is C28H29ClFN7O3S. The Labute approximate surface area is 241 Å². The van der Waals surface area contributed by atoms with Crippen LogP contribution >= 0.6 is 11.6 Å². The van der Waals surface area contributed by atoms with Crippen LogP contribution in [-0.4, -0.2) is 51.7 Å². The van der Waals surface area contributed by atoms with E-state index in [1.165, 1.54) is 29.0 Å². The molecule has 0 aliphatic heterocycles. The van der Waals surface area contributed by atoms with Crippen molar-refractivity contribution in [3.05, 3.63) is 71.5 Å². The van der Waals surface area contributed by atoms with E-state index in [4.69, 9.17) is 11.6 Å². The molecule has 0 bridgehead atoms.